The molecule has 140 valence electrons. The van der Waals surface area contributed by atoms with Crippen molar-refractivity contribution in [1.82, 2.24) is 9.97 Å². The minimum atomic E-state index is 0.647. The number of benzene rings is 2. The standard InChI is InChI=1S/C23H22N4O/c1-26-12-14-27(15-13-26)22-20-19(17-8-4-2-5-9-17)21(18-10-6-3-7-11-18)28-23(20)25-16-24-22/h2-11,16H,12-15H2,1H3/p+1. The van der Waals surface area contributed by atoms with Crippen molar-refractivity contribution < 1.29 is 9.32 Å². The fraction of sp³-hybridized carbons (Fsp3) is 0.217. The molecular formula is C23H23N4O+. The van der Waals surface area contributed by atoms with Gasteiger partial charge in [0.2, 0.25) is 5.71 Å². The van der Waals surface area contributed by atoms with E-state index in [0.717, 1.165) is 59.8 Å². The van der Waals surface area contributed by atoms with Crippen LogP contribution in [-0.4, -0.2) is 43.2 Å². The molecule has 5 heteroatoms. The van der Waals surface area contributed by atoms with Gasteiger partial charge < -0.3 is 14.2 Å². The molecule has 5 rings (SSSR count). The van der Waals surface area contributed by atoms with Gasteiger partial charge >= 0.3 is 0 Å². The Morgan fingerprint density at radius 2 is 1.50 bits per heavy atom. The molecule has 0 amide bonds. The molecule has 0 spiro atoms. The van der Waals surface area contributed by atoms with Crippen LogP contribution in [0.1, 0.15) is 0 Å². The molecule has 0 atom stereocenters. The Balaban J connectivity index is 1.76. The maximum absolute atomic E-state index is 6.31. The number of anilines is 1. The summed E-state index contributed by atoms with van der Waals surface area (Å²) in [7, 11) is 2.24. The first-order valence-electron chi connectivity index (χ1n) is 9.76. The van der Waals surface area contributed by atoms with Crippen LogP contribution in [0, 0.1) is 0 Å². The number of nitrogens with one attached hydrogen (secondary N) is 1. The van der Waals surface area contributed by atoms with E-state index in [1.54, 1.807) is 11.2 Å². The summed E-state index contributed by atoms with van der Waals surface area (Å²) in [5.74, 6) is 1.82. The van der Waals surface area contributed by atoms with Gasteiger partial charge in [0.1, 0.15) is 17.9 Å². The highest BCUT2D eigenvalue weighted by Gasteiger charge is 2.26. The first kappa shape index (κ1) is 17.0. The zero-order chi connectivity index (χ0) is 18.9. The van der Waals surface area contributed by atoms with Gasteiger partial charge in [0, 0.05) is 11.1 Å². The van der Waals surface area contributed by atoms with E-state index in [1.807, 2.05) is 24.3 Å². The molecule has 0 radical (unpaired) electrons. The van der Waals surface area contributed by atoms with Gasteiger partial charge in [-0.05, 0) is 5.56 Å². The molecule has 5 nitrogen and oxygen atoms in total. The largest absolute Gasteiger partial charge is 0.437 e. The van der Waals surface area contributed by atoms with E-state index in [2.05, 4.69) is 53.3 Å². The van der Waals surface area contributed by atoms with Gasteiger partial charge in [0.25, 0.3) is 0 Å². The van der Waals surface area contributed by atoms with Crippen LogP contribution in [0.4, 0.5) is 5.82 Å². The van der Waals surface area contributed by atoms with Gasteiger partial charge in [-0.3, -0.25) is 0 Å². The van der Waals surface area contributed by atoms with Gasteiger partial charge in [-0.2, -0.15) is 0 Å². The highest BCUT2D eigenvalue weighted by Crippen LogP contribution is 2.43. The zero-order valence-electron chi connectivity index (χ0n) is 15.9. The van der Waals surface area contributed by atoms with Gasteiger partial charge in [-0.15, -0.1) is 0 Å². The SMILES string of the molecule is C[NH+]1CCN(c2ncnc3oc(-c4ccccc4)c(-c4ccccc4)c23)CC1. The van der Waals surface area contributed by atoms with Crippen molar-refractivity contribution in [3.63, 3.8) is 0 Å². The van der Waals surface area contributed by atoms with Crippen molar-refractivity contribution in [2.75, 3.05) is 38.1 Å². The average molecular weight is 371 g/mol. The maximum Gasteiger partial charge on any atom is 0.232 e. The Bertz CT molecular complexity index is 1080. The number of furan rings is 1. The van der Waals surface area contributed by atoms with E-state index < -0.39 is 0 Å². The van der Waals surface area contributed by atoms with Crippen LogP contribution in [0.25, 0.3) is 33.6 Å². The van der Waals surface area contributed by atoms with E-state index in [-0.39, 0.29) is 0 Å². The molecule has 1 aliphatic rings. The lowest BCUT2D eigenvalue weighted by atomic mass is 9.99. The van der Waals surface area contributed by atoms with Crippen LogP contribution in [-0.2, 0) is 0 Å². The molecule has 1 saturated heterocycles. The summed E-state index contributed by atoms with van der Waals surface area (Å²) in [5.41, 5.74) is 3.89. The third kappa shape index (κ3) is 2.94. The fourth-order valence-corrected chi connectivity index (χ4v) is 3.93. The van der Waals surface area contributed by atoms with E-state index in [0.29, 0.717) is 5.71 Å². The summed E-state index contributed by atoms with van der Waals surface area (Å²) in [5, 5.41) is 1.01. The van der Waals surface area contributed by atoms with E-state index in [9.17, 15) is 0 Å². The van der Waals surface area contributed by atoms with Gasteiger partial charge in [-0.25, -0.2) is 9.97 Å². The second-order valence-electron chi connectivity index (χ2n) is 7.36. The van der Waals surface area contributed by atoms with Gasteiger partial charge in [0.05, 0.1) is 38.6 Å². The molecule has 0 saturated carbocycles. The van der Waals surface area contributed by atoms with Gasteiger partial charge in [0.15, 0.2) is 0 Å². The molecule has 1 aliphatic heterocycles. The van der Waals surface area contributed by atoms with E-state index >= 15 is 0 Å². The topological polar surface area (TPSA) is 46.6 Å². The Morgan fingerprint density at radius 3 is 2.18 bits per heavy atom. The number of quaternary nitrogens is 1. The number of fused-ring (bicyclic) bond motifs is 1. The third-order valence-corrected chi connectivity index (χ3v) is 5.48. The lowest BCUT2D eigenvalue weighted by Crippen LogP contribution is -3.12. The number of piperazine rings is 1. The molecule has 1 N–H and O–H groups in total. The number of hydrogen-bond acceptors (Lipinski definition) is 4. The van der Waals surface area contributed by atoms with Crippen molar-refractivity contribution in [2.45, 2.75) is 0 Å². The summed E-state index contributed by atoms with van der Waals surface area (Å²) in [6.45, 7) is 4.18. The number of likely N-dealkylation sites (N-methyl/N-ethyl adjacent to an activating group) is 1. The highest BCUT2D eigenvalue weighted by molar-refractivity contribution is 6.06. The quantitative estimate of drug-likeness (QED) is 0.602. The first-order valence-corrected chi connectivity index (χ1v) is 9.76. The molecule has 2 aromatic heterocycles. The van der Waals surface area contributed by atoms with Crippen LogP contribution in [0.15, 0.2) is 71.4 Å². The lowest BCUT2D eigenvalue weighted by molar-refractivity contribution is -0.880. The number of nitrogens with zero attached hydrogens (tertiary/aromatic N) is 3. The molecule has 28 heavy (non-hydrogen) atoms. The monoisotopic (exact) mass is 371 g/mol. The minimum absolute atomic E-state index is 0.647. The van der Waals surface area contributed by atoms with Crippen LogP contribution < -0.4 is 9.80 Å². The summed E-state index contributed by atoms with van der Waals surface area (Å²) >= 11 is 0. The van der Waals surface area contributed by atoms with Crippen molar-refractivity contribution in [3.05, 3.63) is 67.0 Å². The van der Waals surface area contributed by atoms with Crippen LogP contribution >= 0.6 is 0 Å². The van der Waals surface area contributed by atoms with Crippen molar-refractivity contribution in [3.8, 4) is 22.5 Å². The second-order valence-corrected chi connectivity index (χ2v) is 7.36. The number of rotatable bonds is 3. The van der Waals surface area contributed by atoms with Crippen molar-refractivity contribution >= 4 is 16.9 Å². The molecule has 0 aliphatic carbocycles. The van der Waals surface area contributed by atoms with Crippen LogP contribution in [0.3, 0.4) is 0 Å². The maximum atomic E-state index is 6.31. The first-order chi connectivity index (χ1) is 13.8. The predicted octanol–water partition coefficient (Wildman–Crippen LogP) is 2.89. The molecule has 0 unspecified atom stereocenters. The normalized spacial score (nSPS) is 15.2. The van der Waals surface area contributed by atoms with E-state index in [1.165, 1.54) is 0 Å². The Labute approximate surface area is 164 Å². The van der Waals surface area contributed by atoms with Crippen molar-refractivity contribution in [1.29, 1.82) is 0 Å². The van der Waals surface area contributed by atoms with Crippen LogP contribution in [0.5, 0.6) is 0 Å². The second kappa shape index (κ2) is 7.09. The molecule has 4 aromatic rings. The smallest absolute Gasteiger partial charge is 0.232 e. The average Bonchev–Trinajstić information content (AvgIpc) is 3.15. The molecular weight excluding hydrogens is 348 g/mol. The van der Waals surface area contributed by atoms with E-state index in [4.69, 9.17) is 9.40 Å². The summed E-state index contributed by atoms with van der Waals surface area (Å²) in [6, 6.07) is 20.7. The third-order valence-electron chi connectivity index (χ3n) is 5.48. The minimum Gasteiger partial charge on any atom is -0.437 e. The molecule has 2 aromatic carbocycles. The summed E-state index contributed by atoms with van der Waals surface area (Å²) in [4.78, 5) is 13.1. The zero-order valence-corrected chi connectivity index (χ0v) is 15.9. The summed E-state index contributed by atoms with van der Waals surface area (Å²) in [6.07, 6.45) is 1.62. The summed E-state index contributed by atoms with van der Waals surface area (Å²) < 4.78 is 6.31. The number of aromatic nitrogens is 2. The fourth-order valence-electron chi connectivity index (χ4n) is 3.93. The molecule has 3 heterocycles. The van der Waals surface area contributed by atoms with Crippen LogP contribution in [0.2, 0.25) is 0 Å². The number of hydrogen-bond donors (Lipinski definition) is 1. The Hall–Kier alpha value is -3.18. The molecule has 1 fully saturated rings. The Kier molecular flexibility index (Phi) is 4.29. The van der Waals surface area contributed by atoms with Crippen molar-refractivity contribution in [2.24, 2.45) is 0 Å². The highest BCUT2D eigenvalue weighted by atomic mass is 16.3. The lowest BCUT2D eigenvalue weighted by Gasteiger charge is -2.31. The molecule has 0 bridgehead atoms. The predicted molar refractivity (Wildman–Crippen MR) is 112 cm³/mol. The Morgan fingerprint density at radius 1 is 0.857 bits per heavy atom. The van der Waals surface area contributed by atoms with Gasteiger partial charge in [-0.1, -0.05) is 60.7 Å².